The Balaban J connectivity index is 1.54. The SMILES string of the molecule is COc1ccc(C(=O)N[C@@H]2CCCN(C(=O)OC(C)(C)C)C2)c2nc(-c3cccs3)[nH]c12. The minimum absolute atomic E-state index is 0.156. The molecule has 2 amide bonds. The number of fused-ring (bicyclic) bond motifs is 1. The second-order valence-electron chi connectivity index (χ2n) is 8.84. The largest absolute Gasteiger partial charge is 0.494 e. The fourth-order valence-corrected chi connectivity index (χ4v) is 4.47. The quantitative estimate of drug-likeness (QED) is 0.605. The Morgan fingerprint density at radius 2 is 2.09 bits per heavy atom. The second kappa shape index (κ2) is 8.82. The molecule has 2 aromatic heterocycles. The van der Waals surface area contributed by atoms with Gasteiger partial charge in [-0.3, -0.25) is 4.79 Å². The Bertz CT molecular complexity index is 1120. The van der Waals surface area contributed by atoms with E-state index in [0.717, 1.165) is 17.7 Å². The summed E-state index contributed by atoms with van der Waals surface area (Å²) in [4.78, 5) is 36.2. The highest BCUT2D eigenvalue weighted by molar-refractivity contribution is 7.13. The van der Waals surface area contributed by atoms with Gasteiger partial charge in [-0.25, -0.2) is 9.78 Å². The number of hydrogen-bond donors (Lipinski definition) is 2. The number of rotatable bonds is 4. The van der Waals surface area contributed by atoms with E-state index in [1.54, 1.807) is 35.5 Å². The predicted molar refractivity (Wildman–Crippen MR) is 124 cm³/mol. The fraction of sp³-hybridized carbons (Fsp3) is 0.435. The molecule has 0 radical (unpaired) electrons. The van der Waals surface area contributed by atoms with Crippen molar-refractivity contribution in [2.75, 3.05) is 20.2 Å². The van der Waals surface area contributed by atoms with Gasteiger partial charge in [0.2, 0.25) is 0 Å². The zero-order valence-corrected chi connectivity index (χ0v) is 19.5. The number of aromatic nitrogens is 2. The van der Waals surface area contributed by atoms with Crippen LogP contribution in [0.1, 0.15) is 44.0 Å². The van der Waals surface area contributed by atoms with Crippen LogP contribution in [0.25, 0.3) is 21.7 Å². The third-order valence-corrected chi connectivity index (χ3v) is 6.11. The van der Waals surface area contributed by atoms with E-state index in [1.165, 1.54) is 0 Å². The molecule has 8 nitrogen and oxygen atoms in total. The van der Waals surface area contributed by atoms with Crippen molar-refractivity contribution in [1.29, 1.82) is 0 Å². The lowest BCUT2D eigenvalue weighted by Crippen LogP contribution is -2.50. The third-order valence-electron chi connectivity index (χ3n) is 5.23. The third kappa shape index (κ3) is 4.72. The van der Waals surface area contributed by atoms with Crippen LogP contribution >= 0.6 is 11.3 Å². The number of nitrogens with zero attached hydrogens (tertiary/aromatic N) is 2. The Labute approximate surface area is 190 Å². The van der Waals surface area contributed by atoms with Crippen molar-refractivity contribution in [3.63, 3.8) is 0 Å². The number of carbonyl (C=O) groups excluding carboxylic acids is 2. The number of imidazole rings is 1. The van der Waals surface area contributed by atoms with E-state index in [9.17, 15) is 9.59 Å². The molecule has 1 aliphatic heterocycles. The van der Waals surface area contributed by atoms with Gasteiger partial charge in [0.05, 0.1) is 17.6 Å². The van der Waals surface area contributed by atoms with Crippen LogP contribution in [0.2, 0.25) is 0 Å². The lowest BCUT2D eigenvalue weighted by Gasteiger charge is -2.34. The van der Waals surface area contributed by atoms with E-state index in [-0.39, 0.29) is 18.0 Å². The summed E-state index contributed by atoms with van der Waals surface area (Å²) < 4.78 is 10.9. The number of benzene rings is 1. The summed E-state index contributed by atoms with van der Waals surface area (Å²) in [6.45, 7) is 6.57. The van der Waals surface area contributed by atoms with Crippen LogP contribution < -0.4 is 10.1 Å². The van der Waals surface area contributed by atoms with E-state index in [1.807, 2.05) is 38.3 Å². The standard InChI is InChI=1S/C23H28N4O4S/c1-23(2,3)31-22(29)27-11-5-7-14(13-27)24-21(28)15-9-10-16(30-4)19-18(15)25-20(26-19)17-8-6-12-32-17/h6,8-10,12,14H,5,7,11,13H2,1-4H3,(H,24,28)(H,25,26)/t14-/m1/s1. The molecule has 1 saturated heterocycles. The number of ether oxygens (including phenoxy) is 2. The number of carbonyl (C=O) groups is 2. The van der Waals surface area contributed by atoms with E-state index >= 15 is 0 Å². The van der Waals surface area contributed by atoms with E-state index in [2.05, 4.69) is 10.3 Å². The van der Waals surface area contributed by atoms with E-state index < -0.39 is 5.60 Å². The molecule has 1 aromatic carbocycles. The molecule has 4 rings (SSSR count). The molecular formula is C23H28N4O4S. The van der Waals surface area contributed by atoms with E-state index in [0.29, 0.717) is 41.3 Å². The van der Waals surface area contributed by atoms with Gasteiger partial charge < -0.3 is 24.7 Å². The maximum absolute atomic E-state index is 13.2. The summed E-state index contributed by atoms with van der Waals surface area (Å²) >= 11 is 1.57. The summed E-state index contributed by atoms with van der Waals surface area (Å²) in [5, 5.41) is 5.06. The first kappa shape index (κ1) is 22.1. The zero-order chi connectivity index (χ0) is 22.9. The topological polar surface area (TPSA) is 96.6 Å². The van der Waals surface area contributed by atoms with Crippen molar-refractivity contribution in [3.05, 3.63) is 35.2 Å². The molecule has 1 aliphatic rings. The van der Waals surface area contributed by atoms with Crippen LogP contribution in [0.5, 0.6) is 5.75 Å². The molecule has 3 aromatic rings. The van der Waals surface area contributed by atoms with Gasteiger partial charge in [-0.05, 0) is 57.2 Å². The predicted octanol–water partition coefficient (Wildman–Crippen LogP) is 4.43. The Kier molecular flexibility index (Phi) is 6.10. The number of methoxy groups -OCH3 is 1. The Morgan fingerprint density at radius 3 is 2.78 bits per heavy atom. The Morgan fingerprint density at radius 1 is 1.28 bits per heavy atom. The van der Waals surface area contributed by atoms with Crippen LogP contribution in [-0.2, 0) is 4.74 Å². The maximum Gasteiger partial charge on any atom is 0.410 e. The van der Waals surface area contributed by atoms with Crippen molar-refractivity contribution < 1.29 is 19.1 Å². The first-order valence-electron chi connectivity index (χ1n) is 10.6. The van der Waals surface area contributed by atoms with Crippen molar-refractivity contribution in [3.8, 4) is 16.5 Å². The second-order valence-corrected chi connectivity index (χ2v) is 9.79. The van der Waals surface area contributed by atoms with Crippen molar-refractivity contribution in [1.82, 2.24) is 20.2 Å². The number of H-pyrrole nitrogens is 1. The summed E-state index contributed by atoms with van der Waals surface area (Å²) in [6.07, 6.45) is 1.24. The van der Waals surface area contributed by atoms with Gasteiger partial charge in [-0.15, -0.1) is 11.3 Å². The highest BCUT2D eigenvalue weighted by atomic mass is 32.1. The summed E-state index contributed by atoms with van der Waals surface area (Å²) in [5.74, 6) is 1.10. The molecule has 2 N–H and O–H groups in total. The molecule has 9 heteroatoms. The van der Waals surface area contributed by atoms with Gasteiger partial charge in [0.25, 0.3) is 5.91 Å². The summed E-state index contributed by atoms with van der Waals surface area (Å²) in [5.41, 5.74) is 1.16. The lowest BCUT2D eigenvalue weighted by atomic mass is 10.0. The molecule has 0 bridgehead atoms. The number of likely N-dealkylation sites (tertiary alicyclic amines) is 1. The van der Waals surface area contributed by atoms with Gasteiger partial charge in [0.15, 0.2) is 0 Å². The first-order valence-corrected chi connectivity index (χ1v) is 11.5. The molecule has 170 valence electrons. The number of amides is 2. The molecule has 1 atom stereocenters. The number of aromatic amines is 1. The molecule has 32 heavy (non-hydrogen) atoms. The lowest BCUT2D eigenvalue weighted by molar-refractivity contribution is 0.0185. The number of hydrogen-bond acceptors (Lipinski definition) is 6. The van der Waals surface area contributed by atoms with Crippen LogP contribution in [0.15, 0.2) is 29.6 Å². The van der Waals surface area contributed by atoms with Gasteiger partial charge >= 0.3 is 6.09 Å². The van der Waals surface area contributed by atoms with Gasteiger partial charge in [-0.1, -0.05) is 6.07 Å². The molecule has 0 saturated carbocycles. The van der Waals surface area contributed by atoms with Crippen LogP contribution in [0.3, 0.4) is 0 Å². The first-order chi connectivity index (χ1) is 15.2. The number of piperidine rings is 1. The van der Waals surface area contributed by atoms with Crippen LogP contribution in [0, 0.1) is 0 Å². The molecule has 0 spiro atoms. The molecule has 0 aliphatic carbocycles. The normalized spacial score (nSPS) is 16.8. The van der Waals surface area contributed by atoms with Crippen LogP contribution in [0.4, 0.5) is 4.79 Å². The van der Waals surface area contributed by atoms with Crippen LogP contribution in [-0.4, -0.2) is 58.7 Å². The molecular weight excluding hydrogens is 428 g/mol. The average Bonchev–Trinajstić information content (AvgIpc) is 3.41. The van der Waals surface area contributed by atoms with Gasteiger partial charge in [-0.2, -0.15) is 0 Å². The zero-order valence-electron chi connectivity index (χ0n) is 18.7. The minimum atomic E-state index is -0.553. The smallest absolute Gasteiger partial charge is 0.410 e. The number of thiophene rings is 1. The monoisotopic (exact) mass is 456 g/mol. The summed E-state index contributed by atoms with van der Waals surface area (Å²) in [6, 6.07) is 7.27. The highest BCUT2D eigenvalue weighted by Gasteiger charge is 2.29. The Hall–Kier alpha value is -3.07. The molecule has 3 heterocycles. The fourth-order valence-electron chi connectivity index (χ4n) is 3.80. The van der Waals surface area contributed by atoms with Gasteiger partial charge in [0.1, 0.15) is 28.2 Å². The average molecular weight is 457 g/mol. The molecule has 0 unspecified atom stereocenters. The highest BCUT2D eigenvalue weighted by Crippen LogP contribution is 2.31. The maximum atomic E-state index is 13.2. The van der Waals surface area contributed by atoms with Crippen molar-refractivity contribution >= 4 is 34.4 Å². The summed E-state index contributed by atoms with van der Waals surface area (Å²) in [7, 11) is 1.59. The van der Waals surface area contributed by atoms with E-state index in [4.69, 9.17) is 14.5 Å². The number of nitrogens with one attached hydrogen (secondary N) is 2. The minimum Gasteiger partial charge on any atom is -0.494 e. The van der Waals surface area contributed by atoms with Gasteiger partial charge in [0, 0.05) is 19.1 Å². The van der Waals surface area contributed by atoms with Crippen molar-refractivity contribution in [2.24, 2.45) is 0 Å². The van der Waals surface area contributed by atoms with Crippen molar-refractivity contribution in [2.45, 2.75) is 45.3 Å². The molecule has 1 fully saturated rings.